The van der Waals surface area contributed by atoms with Gasteiger partial charge in [0.25, 0.3) is 0 Å². The molecule has 0 aliphatic carbocycles. The van der Waals surface area contributed by atoms with Crippen molar-refractivity contribution < 1.29 is 13.2 Å². The molecule has 1 aromatic carbocycles. The lowest BCUT2D eigenvalue weighted by Crippen LogP contribution is -2.05. The summed E-state index contributed by atoms with van der Waals surface area (Å²) in [6.07, 6.45) is -0.929. The Bertz CT molecular complexity index is 792. The first kappa shape index (κ1) is 13.4. The van der Waals surface area contributed by atoms with Gasteiger partial charge in [-0.1, -0.05) is 18.2 Å². The van der Waals surface area contributed by atoms with Gasteiger partial charge in [-0.3, -0.25) is 0 Å². The minimum Gasteiger partial charge on any atom is -0.396 e. The molecule has 0 fully saturated rings. The second kappa shape index (κ2) is 4.76. The molecule has 3 rings (SSSR count). The number of nitrogens with zero attached hydrogens (tertiary/aromatic N) is 3. The number of anilines is 1. The van der Waals surface area contributed by atoms with Crippen LogP contribution in [0.3, 0.4) is 0 Å². The number of alkyl halides is 3. The first-order valence-electron chi connectivity index (χ1n) is 6.18. The van der Waals surface area contributed by atoms with Crippen LogP contribution in [0.4, 0.5) is 18.9 Å². The monoisotopic (exact) mass is 292 g/mol. The molecule has 0 radical (unpaired) electrons. The van der Waals surface area contributed by atoms with Crippen molar-refractivity contribution in [3.63, 3.8) is 0 Å². The average molecular weight is 292 g/mol. The number of aromatic nitrogens is 3. The van der Waals surface area contributed by atoms with Crippen LogP contribution in [0.1, 0.15) is 16.8 Å². The molecule has 2 aromatic heterocycles. The lowest BCUT2D eigenvalue weighted by molar-refractivity contribution is -0.137. The van der Waals surface area contributed by atoms with Crippen LogP contribution in [-0.4, -0.2) is 14.6 Å². The van der Waals surface area contributed by atoms with Crippen molar-refractivity contribution in [2.75, 3.05) is 5.73 Å². The van der Waals surface area contributed by atoms with Crippen LogP contribution in [0.5, 0.6) is 0 Å². The van der Waals surface area contributed by atoms with Crippen LogP contribution in [0, 0.1) is 0 Å². The van der Waals surface area contributed by atoms with Crippen molar-refractivity contribution in [1.82, 2.24) is 14.6 Å². The molecule has 4 nitrogen and oxygen atoms in total. The molecule has 0 unspecified atom stereocenters. The first-order valence-corrected chi connectivity index (χ1v) is 6.18. The fraction of sp³-hybridized carbons (Fsp3) is 0.143. The molecule has 108 valence electrons. The quantitative estimate of drug-likeness (QED) is 0.790. The van der Waals surface area contributed by atoms with Gasteiger partial charge >= 0.3 is 6.18 Å². The number of hydrogen-bond donors (Lipinski definition) is 1. The smallest absolute Gasteiger partial charge is 0.396 e. The summed E-state index contributed by atoms with van der Waals surface area (Å²) in [4.78, 5) is 4.10. The molecule has 0 saturated heterocycles. The summed E-state index contributed by atoms with van der Waals surface area (Å²) in [6, 6.07) is 6.94. The summed E-state index contributed by atoms with van der Waals surface area (Å²) < 4.78 is 39.5. The number of nitrogens with two attached hydrogens (primary N) is 1. The molecule has 2 heterocycles. The van der Waals surface area contributed by atoms with E-state index in [2.05, 4.69) is 10.1 Å². The maximum atomic E-state index is 12.7. The minimum atomic E-state index is -4.34. The highest BCUT2D eigenvalue weighted by molar-refractivity contribution is 5.45. The van der Waals surface area contributed by atoms with E-state index in [1.165, 1.54) is 16.8 Å². The van der Waals surface area contributed by atoms with Crippen molar-refractivity contribution in [1.29, 1.82) is 0 Å². The van der Waals surface area contributed by atoms with E-state index in [1.54, 1.807) is 18.3 Å². The van der Waals surface area contributed by atoms with Crippen LogP contribution in [0.25, 0.3) is 5.65 Å². The third-order valence-electron chi connectivity index (χ3n) is 3.02. The number of rotatable bonds is 2. The molecule has 21 heavy (non-hydrogen) atoms. The molecule has 2 N–H and O–H groups in total. The predicted molar refractivity (Wildman–Crippen MR) is 71.6 cm³/mol. The second-order valence-electron chi connectivity index (χ2n) is 4.70. The van der Waals surface area contributed by atoms with Crippen LogP contribution in [0.15, 0.2) is 42.7 Å². The van der Waals surface area contributed by atoms with Gasteiger partial charge in [-0.05, 0) is 11.6 Å². The Balaban J connectivity index is 1.91. The summed E-state index contributed by atoms with van der Waals surface area (Å²) in [5.74, 6) is 0. The highest BCUT2D eigenvalue weighted by atomic mass is 19.4. The van der Waals surface area contributed by atoms with Gasteiger partial charge in [-0.15, -0.1) is 0 Å². The zero-order valence-corrected chi connectivity index (χ0v) is 10.8. The Morgan fingerprint density at radius 1 is 1.19 bits per heavy atom. The molecular formula is C14H11F3N4. The minimum absolute atomic E-state index is 0.299. The van der Waals surface area contributed by atoms with Crippen molar-refractivity contribution in [2.45, 2.75) is 12.6 Å². The third kappa shape index (κ3) is 2.81. The van der Waals surface area contributed by atoms with Crippen LogP contribution < -0.4 is 5.73 Å². The van der Waals surface area contributed by atoms with E-state index in [0.717, 1.165) is 12.1 Å². The third-order valence-corrected chi connectivity index (χ3v) is 3.02. The average Bonchev–Trinajstić information content (AvgIpc) is 2.79. The van der Waals surface area contributed by atoms with Crippen molar-refractivity contribution in [3.05, 3.63) is 59.5 Å². The number of nitrogen functional groups attached to an aromatic ring is 1. The van der Waals surface area contributed by atoms with Crippen molar-refractivity contribution in [2.24, 2.45) is 0 Å². The molecule has 0 spiro atoms. The Hall–Kier alpha value is -2.57. The van der Waals surface area contributed by atoms with Gasteiger partial charge in [0, 0.05) is 12.5 Å². The van der Waals surface area contributed by atoms with Gasteiger partial charge in [0.2, 0.25) is 0 Å². The van der Waals surface area contributed by atoms with Gasteiger partial charge in [-0.2, -0.15) is 18.3 Å². The summed E-state index contributed by atoms with van der Waals surface area (Å²) in [7, 11) is 0. The maximum absolute atomic E-state index is 12.7. The highest BCUT2D eigenvalue weighted by Gasteiger charge is 2.30. The van der Waals surface area contributed by atoms with Gasteiger partial charge in [0.1, 0.15) is 0 Å². The largest absolute Gasteiger partial charge is 0.416 e. The summed E-state index contributed by atoms with van der Waals surface area (Å²) >= 11 is 0. The van der Waals surface area contributed by atoms with Gasteiger partial charge in [-0.25, -0.2) is 9.50 Å². The fourth-order valence-electron chi connectivity index (χ4n) is 2.09. The van der Waals surface area contributed by atoms with E-state index in [0.29, 0.717) is 29.0 Å². The Morgan fingerprint density at radius 3 is 2.76 bits per heavy atom. The molecule has 0 aliphatic rings. The predicted octanol–water partition coefficient (Wildman–Crippen LogP) is 2.92. The molecule has 7 heteroatoms. The van der Waals surface area contributed by atoms with Gasteiger partial charge in [0.05, 0.1) is 29.3 Å². The number of benzene rings is 1. The van der Waals surface area contributed by atoms with Crippen LogP contribution >= 0.6 is 0 Å². The molecule has 0 bridgehead atoms. The highest BCUT2D eigenvalue weighted by Crippen LogP contribution is 2.29. The van der Waals surface area contributed by atoms with E-state index in [-0.39, 0.29) is 0 Å². The normalized spacial score (nSPS) is 12.0. The Kier molecular flexibility index (Phi) is 3.04. The topological polar surface area (TPSA) is 56.2 Å². The van der Waals surface area contributed by atoms with E-state index < -0.39 is 11.7 Å². The molecule has 0 saturated carbocycles. The SMILES string of the molecule is Nc1cnc2cc(Cc3cccc(C(F)(F)F)c3)nn2c1. The summed E-state index contributed by atoms with van der Waals surface area (Å²) in [5.41, 5.74) is 7.19. The zero-order chi connectivity index (χ0) is 15.0. The number of hydrogen-bond acceptors (Lipinski definition) is 3. The molecular weight excluding hydrogens is 281 g/mol. The Labute approximate surface area is 118 Å². The molecule has 3 aromatic rings. The van der Waals surface area contributed by atoms with E-state index in [4.69, 9.17) is 5.73 Å². The first-order chi connectivity index (χ1) is 9.91. The van der Waals surface area contributed by atoms with E-state index >= 15 is 0 Å². The van der Waals surface area contributed by atoms with Crippen LogP contribution in [0.2, 0.25) is 0 Å². The molecule has 0 atom stereocenters. The van der Waals surface area contributed by atoms with Crippen LogP contribution in [-0.2, 0) is 12.6 Å². The Morgan fingerprint density at radius 2 is 2.00 bits per heavy atom. The van der Waals surface area contributed by atoms with E-state index in [9.17, 15) is 13.2 Å². The van der Waals surface area contributed by atoms with E-state index in [1.807, 2.05) is 0 Å². The standard InChI is InChI=1S/C14H11F3N4/c15-14(16,17)10-3-1-2-9(4-10)5-12-6-13-19-7-11(18)8-21(13)20-12/h1-4,6-8H,5,18H2. The molecule has 0 amide bonds. The second-order valence-corrected chi connectivity index (χ2v) is 4.70. The summed E-state index contributed by atoms with van der Waals surface area (Å²) in [5, 5.41) is 4.25. The maximum Gasteiger partial charge on any atom is 0.416 e. The zero-order valence-electron chi connectivity index (χ0n) is 10.8. The van der Waals surface area contributed by atoms with Crippen molar-refractivity contribution >= 4 is 11.3 Å². The molecule has 0 aliphatic heterocycles. The summed E-state index contributed by atoms with van der Waals surface area (Å²) in [6.45, 7) is 0. The lowest BCUT2D eigenvalue weighted by atomic mass is 10.1. The number of halogens is 3. The van der Waals surface area contributed by atoms with Gasteiger partial charge < -0.3 is 5.73 Å². The lowest BCUT2D eigenvalue weighted by Gasteiger charge is -2.07. The van der Waals surface area contributed by atoms with Crippen molar-refractivity contribution in [3.8, 4) is 0 Å². The van der Waals surface area contributed by atoms with Gasteiger partial charge in [0.15, 0.2) is 5.65 Å². The number of fused-ring (bicyclic) bond motifs is 1. The fourth-order valence-corrected chi connectivity index (χ4v) is 2.09.